The highest BCUT2D eigenvalue weighted by Crippen LogP contribution is 2.16. The summed E-state index contributed by atoms with van der Waals surface area (Å²) in [6.07, 6.45) is 13.5. The van der Waals surface area contributed by atoms with Gasteiger partial charge in [0.2, 0.25) is 0 Å². The molecule has 184 valence electrons. The number of hydrogen-bond acceptors (Lipinski definition) is 4. The van der Waals surface area contributed by atoms with Crippen molar-refractivity contribution in [2.75, 3.05) is 13.1 Å². The van der Waals surface area contributed by atoms with Crippen LogP contribution in [0.5, 0.6) is 0 Å². The van der Waals surface area contributed by atoms with Gasteiger partial charge in [-0.2, -0.15) is 0 Å². The zero-order valence-electron chi connectivity index (χ0n) is 21.1. The highest BCUT2D eigenvalue weighted by molar-refractivity contribution is 5.79. The lowest BCUT2D eigenvalue weighted by Gasteiger charge is -2.12. The Labute approximate surface area is 204 Å². The van der Waals surface area contributed by atoms with Crippen LogP contribution in [0.1, 0.15) is 81.0 Å². The standard InChI is InChI=1S/C22H28N4O.C6H13N/c1-5-8-16(4)24-14-20-21(9-6-2)26(22(27)25-20)15-19-12-17(7-3)10-11-18(19)13-23;1-2-6-3-4-7-5-6/h3,10-12,14H,4-6,8-9,13,15,23H2,1-2H3,(H,25,27);6-7H,2-5H2,1H3/t;6-/m.1/s1. The number of hydrogen-bond donors (Lipinski definition) is 3. The maximum atomic E-state index is 12.6. The van der Waals surface area contributed by atoms with Gasteiger partial charge in [-0.15, -0.1) is 6.42 Å². The summed E-state index contributed by atoms with van der Waals surface area (Å²) in [7, 11) is 0. The second-order valence-corrected chi connectivity index (χ2v) is 8.80. The maximum absolute atomic E-state index is 12.6. The quantitative estimate of drug-likeness (QED) is 0.361. The van der Waals surface area contributed by atoms with Crippen LogP contribution in [0, 0.1) is 18.3 Å². The third-order valence-corrected chi connectivity index (χ3v) is 6.19. The number of imidazole rings is 1. The number of aromatic nitrogens is 2. The molecule has 1 aliphatic rings. The van der Waals surface area contributed by atoms with E-state index in [1.54, 1.807) is 10.8 Å². The van der Waals surface area contributed by atoms with E-state index in [0.717, 1.165) is 65.4 Å². The molecule has 1 aliphatic heterocycles. The van der Waals surface area contributed by atoms with Crippen molar-refractivity contribution in [3.8, 4) is 12.3 Å². The van der Waals surface area contributed by atoms with E-state index in [-0.39, 0.29) is 5.69 Å². The Morgan fingerprint density at radius 3 is 2.68 bits per heavy atom. The minimum absolute atomic E-state index is 0.157. The Kier molecular flexibility index (Phi) is 11.6. The third kappa shape index (κ3) is 7.86. The highest BCUT2D eigenvalue weighted by Gasteiger charge is 2.14. The molecular weight excluding hydrogens is 422 g/mol. The second-order valence-electron chi connectivity index (χ2n) is 8.80. The zero-order valence-corrected chi connectivity index (χ0v) is 21.1. The molecule has 0 bridgehead atoms. The second kappa shape index (κ2) is 14.4. The van der Waals surface area contributed by atoms with Crippen molar-refractivity contribution in [3.05, 3.63) is 69.0 Å². The van der Waals surface area contributed by atoms with Crippen LogP contribution in [0.4, 0.5) is 0 Å². The SMILES string of the molecule is C#Cc1ccc(CN)c(Cn2c(CCC)c(C=NC(=C)CCC)[nH]c2=O)c1.CC[C@@H]1CCNC1. The molecule has 1 fully saturated rings. The number of terminal acetylenes is 1. The summed E-state index contributed by atoms with van der Waals surface area (Å²) in [4.78, 5) is 19.9. The average Bonchev–Trinajstić information content (AvgIpc) is 3.47. The van der Waals surface area contributed by atoms with Gasteiger partial charge < -0.3 is 16.0 Å². The van der Waals surface area contributed by atoms with Gasteiger partial charge in [-0.3, -0.25) is 9.56 Å². The van der Waals surface area contributed by atoms with E-state index in [1.807, 2.05) is 18.2 Å². The van der Waals surface area contributed by atoms with Gasteiger partial charge in [0.1, 0.15) is 0 Å². The number of rotatable bonds is 10. The van der Waals surface area contributed by atoms with Crippen LogP contribution < -0.4 is 16.7 Å². The van der Waals surface area contributed by atoms with Crippen molar-refractivity contribution in [2.24, 2.45) is 16.6 Å². The Bertz CT molecular complexity index is 1050. The molecule has 1 atom stereocenters. The number of allylic oxidation sites excluding steroid dienone is 1. The fraction of sp³-hybridized carbons (Fsp3) is 0.500. The molecule has 3 rings (SSSR count). The van der Waals surface area contributed by atoms with Crippen LogP contribution in [0.3, 0.4) is 0 Å². The molecule has 0 unspecified atom stereocenters. The van der Waals surface area contributed by atoms with E-state index in [1.165, 1.54) is 25.9 Å². The first kappa shape index (κ1) is 27.4. The molecule has 2 aromatic rings. The van der Waals surface area contributed by atoms with Crippen LogP contribution in [0.15, 0.2) is 40.3 Å². The first-order valence-corrected chi connectivity index (χ1v) is 12.5. The van der Waals surface area contributed by atoms with Crippen molar-refractivity contribution >= 4 is 6.21 Å². The maximum Gasteiger partial charge on any atom is 0.326 e. The van der Waals surface area contributed by atoms with Crippen molar-refractivity contribution in [3.63, 3.8) is 0 Å². The Hall–Kier alpha value is -2.88. The molecule has 6 nitrogen and oxygen atoms in total. The van der Waals surface area contributed by atoms with Crippen LogP contribution in [0.2, 0.25) is 0 Å². The predicted molar refractivity (Wildman–Crippen MR) is 143 cm³/mol. The monoisotopic (exact) mass is 463 g/mol. The summed E-state index contributed by atoms with van der Waals surface area (Å²) in [5, 5.41) is 3.32. The molecule has 34 heavy (non-hydrogen) atoms. The minimum atomic E-state index is -0.157. The van der Waals surface area contributed by atoms with Crippen LogP contribution in [-0.4, -0.2) is 28.9 Å². The molecule has 1 aromatic carbocycles. The van der Waals surface area contributed by atoms with Crippen molar-refractivity contribution in [1.29, 1.82) is 0 Å². The number of benzene rings is 1. The van der Waals surface area contributed by atoms with Gasteiger partial charge in [-0.25, -0.2) is 4.79 Å². The lowest BCUT2D eigenvalue weighted by molar-refractivity contribution is 0.563. The van der Waals surface area contributed by atoms with Crippen LogP contribution in [0.25, 0.3) is 0 Å². The summed E-state index contributed by atoms with van der Waals surface area (Å²) < 4.78 is 1.75. The highest BCUT2D eigenvalue weighted by atomic mass is 16.1. The summed E-state index contributed by atoms with van der Waals surface area (Å²) in [5.74, 6) is 3.63. The number of H-pyrrole nitrogens is 1. The normalized spacial score (nSPS) is 15.2. The largest absolute Gasteiger partial charge is 0.326 e. The number of aliphatic imine (C=N–C) groups is 1. The van der Waals surface area contributed by atoms with E-state index in [4.69, 9.17) is 12.2 Å². The van der Waals surface area contributed by atoms with Crippen molar-refractivity contribution in [1.82, 2.24) is 14.9 Å². The van der Waals surface area contributed by atoms with Gasteiger partial charge in [-0.05, 0) is 61.5 Å². The molecule has 6 heteroatoms. The van der Waals surface area contributed by atoms with Gasteiger partial charge in [0.05, 0.1) is 18.5 Å². The summed E-state index contributed by atoms with van der Waals surface area (Å²) in [6, 6.07) is 5.73. The first-order chi connectivity index (χ1) is 16.5. The number of aromatic amines is 1. The zero-order chi connectivity index (χ0) is 24.9. The molecule has 0 spiro atoms. The fourth-order valence-electron chi connectivity index (χ4n) is 4.11. The van der Waals surface area contributed by atoms with Crippen molar-refractivity contribution < 1.29 is 0 Å². The van der Waals surface area contributed by atoms with Crippen LogP contribution in [-0.2, 0) is 19.5 Å². The van der Waals surface area contributed by atoms with Gasteiger partial charge in [0.15, 0.2) is 0 Å². The molecule has 1 aromatic heterocycles. The van der Waals surface area contributed by atoms with Gasteiger partial charge in [0.25, 0.3) is 0 Å². The minimum Gasteiger partial charge on any atom is -0.326 e. The van der Waals surface area contributed by atoms with E-state index in [9.17, 15) is 4.79 Å². The van der Waals surface area contributed by atoms with E-state index in [2.05, 4.69) is 48.6 Å². The number of nitrogens with zero attached hydrogens (tertiary/aromatic N) is 2. The van der Waals surface area contributed by atoms with Crippen molar-refractivity contribution in [2.45, 2.75) is 72.4 Å². The molecule has 0 amide bonds. The van der Waals surface area contributed by atoms with E-state index < -0.39 is 0 Å². The number of nitrogens with two attached hydrogens (primary N) is 1. The molecule has 2 heterocycles. The van der Waals surface area contributed by atoms with E-state index >= 15 is 0 Å². The Morgan fingerprint density at radius 1 is 1.32 bits per heavy atom. The van der Waals surface area contributed by atoms with E-state index in [0.29, 0.717) is 13.1 Å². The molecule has 4 N–H and O–H groups in total. The first-order valence-electron chi connectivity index (χ1n) is 12.5. The molecule has 1 saturated heterocycles. The average molecular weight is 464 g/mol. The summed E-state index contributed by atoms with van der Waals surface area (Å²) in [5.41, 5.74) is 10.9. The third-order valence-electron chi connectivity index (χ3n) is 6.19. The van der Waals surface area contributed by atoms with Gasteiger partial charge >= 0.3 is 5.69 Å². The molecule has 0 radical (unpaired) electrons. The van der Waals surface area contributed by atoms with Crippen LogP contribution >= 0.6 is 0 Å². The summed E-state index contributed by atoms with van der Waals surface area (Å²) in [6.45, 7) is 13.7. The molecule has 0 saturated carbocycles. The topological polar surface area (TPSA) is 88.2 Å². The van der Waals surface area contributed by atoms with Gasteiger partial charge in [0, 0.05) is 23.5 Å². The fourth-order valence-corrected chi connectivity index (χ4v) is 4.11. The number of nitrogens with one attached hydrogen (secondary N) is 2. The smallest absolute Gasteiger partial charge is 0.326 e. The lowest BCUT2D eigenvalue weighted by atomic mass is 10.0. The lowest BCUT2D eigenvalue weighted by Crippen LogP contribution is -2.21. The predicted octanol–water partition coefficient (Wildman–Crippen LogP) is 4.36. The summed E-state index contributed by atoms with van der Waals surface area (Å²) >= 11 is 0. The van der Waals surface area contributed by atoms with Gasteiger partial charge in [-0.1, -0.05) is 58.6 Å². The Balaban J connectivity index is 0.000000497. The Morgan fingerprint density at radius 2 is 2.12 bits per heavy atom. The molecular formula is C28H41N5O. The molecule has 0 aliphatic carbocycles.